The molecule has 136 valence electrons. The first-order valence-electron chi connectivity index (χ1n) is 7.80. The fourth-order valence-electron chi connectivity index (χ4n) is 2.97. The molecule has 1 amide bonds. The summed E-state index contributed by atoms with van der Waals surface area (Å²) in [6.07, 6.45) is 4.87. The number of hydrogen-bond acceptors (Lipinski definition) is 4. The van der Waals surface area contributed by atoms with E-state index in [2.05, 4.69) is 36.5 Å². The van der Waals surface area contributed by atoms with E-state index in [1.807, 2.05) is 10.2 Å². The molecule has 3 heterocycles. The minimum atomic E-state index is -0.455. The van der Waals surface area contributed by atoms with Gasteiger partial charge in [0.05, 0.1) is 10.6 Å². The summed E-state index contributed by atoms with van der Waals surface area (Å²) in [5, 5.41) is 4.30. The number of carbonyl (C=O) groups excluding carboxylic acids is 1. The van der Waals surface area contributed by atoms with Crippen LogP contribution in [-0.4, -0.2) is 26.9 Å². The molecule has 0 aliphatic heterocycles. The summed E-state index contributed by atoms with van der Waals surface area (Å²) in [7, 11) is 3.00. The van der Waals surface area contributed by atoms with E-state index in [4.69, 9.17) is 11.6 Å². The van der Waals surface area contributed by atoms with Crippen molar-refractivity contribution < 1.29 is 9.18 Å². The molecule has 0 radical (unpaired) electrons. The smallest absolute Gasteiger partial charge is 0.252 e. The van der Waals surface area contributed by atoms with Crippen molar-refractivity contribution in [1.29, 1.82) is 0 Å². The molecule has 0 atom stereocenters. The second-order valence-corrected chi connectivity index (χ2v) is 7.88. The summed E-state index contributed by atoms with van der Waals surface area (Å²) in [6, 6.07) is 6.61. The van der Waals surface area contributed by atoms with Crippen LogP contribution in [0.4, 0.5) is 4.39 Å². The van der Waals surface area contributed by atoms with Crippen LogP contribution in [0.25, 0.3) is 33.1 Å². The second-order valence-electron chi connectivity index (χ2n) is 5.76. The number of nitrogens with one attached hydrogen (secondary N) is 1. The van der Waals surface area contributed by atoms with Crippen molar-refractivity contribution in [3.63, 3.8) is 0 Å². The Balaban J connectivity index is 2.02. The molecule has 0 aliphatic carbocycles. The Morgan fingerprint density at radius 2 is 2.11 bits per heavy atom. The quantitative estimate of drug-likeness (QED) is 0.381. The van der Waals surface area contributed by atoms with Gasteiger partial charge in [0.25, 0.3) is 5.91 Å². The molecule has 0 saturated heterocycles. The van der Waals surface area contributed by atoms with Crippen LogP contribution in [-0.2, 0) is 0 Å². The molecule has 1 N–H and O–H groups in total. The second kappa shape index (κ2) is 7.25. The topological polar surface area (TPSA) is 59.8 Å². The van der Waals surface area contributed by atoms with Crippen LogP contribution in [0.1, 0.15) is 10.4 Å². The van der Waals surface area contributed by atoms with Crippen LogP contribution in [0.2, 0.25) is 5.02 Å². The van der Waals surface area contributed by atoms with Crippen molar-refractivity contribution in [1.82, 2.24) is 19.3 Å². The third-order valence-electron chi connectivity index (χ3n) is 4.23. The van der Waals surface area contributed by atoms with E-state index in [0.29, 0.717) is 27.2 Å². The van der Waals surface area contributed by atoms with Gasteiger partial charge in [0.1, 0.15) is 11.3 Å². The van der Waals surface area contributed by atoms with Crippen molar-refractivity contribution >= 4 is 69.8 Å². The summed E-state index contributed by atoms with van der Waals surface area (Å²) < 4.78 is 16.5. The Kier molecular flexibility index (Phi) is 4.95. The number of halogens is 3. The average Bonchev–Trinajstić information content (AvgIpc) is 3.06. The molecule has 0 bridgehead atoms. The first-order chi connectivity index (χ1) is 13.0. The summed E-state index contributed by atoms with van der Waals surface area (Å²) >= 11 is 8.39. The van der Waals surface area contributed by atoms with E-state index >= 15 is 0 Å². The number of fused-ring (bicyclic) bond motifs is 2. The molecule has 5 nitrogen and oxygen atoms in total. The van der Waals surface area contributed by atoms with Crippen molar-refractivity contribution in [2.45, 2.75) is 0 Å². The third-order valence-corrected chi connectivity index (χ3v) is 6.26. The molecule has 0 aliphatic rings. The van der Waals surface area contributed by atoms with E-state index < -0.39 is 5.82 Å². The van der Waals surface area contributed by atoms with Gasteiger partial charge in [-0.15, -0.1) is 0 Å². The number of hydrogen-bond donors (Lipinski definition) is 1. The molecule has 0 saturated carbocycles. The molecule has 0 unspecified atom stereocenters. The van der Waals surface area contributed by atoms with Gasteiger partial charge in [-0.25, -0.2) is 9.37 Å². The van der Waals surface area contributed by atoms with E-state index in [1.54, 1.807) is 25.2 Å². The van der Waals surface area contributed by atoms with Gasteiger partial charge >= 0.3 is 0 Å². The molecule has 4 rings (SSSR count). The van der Waals surface area contributed by atoms with E-state index in [1.165, 1.54) is 27.6 Å². The Morgan fingerprint density at radius 1 is 1.30 bits per heavy atom. The fraction of sp³-hybridized carbons (Fsp3) is 0.0556. The maximum Gasteiger partial charge on any atom is 0.252 e. The minimum Gasteiger partial charge on any atom is -0.355 e. The van der Waals surface area contributed by atoms with Crippen LogP contribution in [0.3, 0.4) is 0 Å². The SMILES string of the molecule is CNC(=O)c1cnc2c(c1)c(-c1cc(F)c3nccc(Cl)c3c1)cn2SI. The van der Waals surface area contributed by atoms with Gasteiger partial charge in [-0.05, 0) is 29.8 Å². The maximum atomic E-state index is 14.6. The molecule has 27 heavy (non-hydrogen) atoms. The highest BCUT2D eigenvalue weighted by Crippen LogP contribution is 2.37. The Labute approximate surface area is 175 Å². The zero-order valence-corrected chi connectivity index (χ0v) is 17.6. The summed E-state index contributed by atoms with van der Waals surface area (Å²) in [6.45, 7) is 0. The molecular formula is C18H11ClFIN4OS. The zero-order chi connectivity index (χ0) is 19.1. The lowest BCUT2D eigenvalue weighted by atomic mass is 10.0. The molecule has 9 heteroatoms. The lowest BCUT2D eigenvalue weighted by molar-refractivity contribution is 0.0963. The molecular weight excluding hydrogens is 502 g/mol. The molecule has 3 aromatic heterocycles. The first kappa shape index (κ1) is 18.5. The van der Waals surface area contributed by atoms with Crippen LogP contribution in [0.15, 0.2) is 42.9 Å². The summed E-state index contributed by atoms with van der Waals surface area (Å²) in [4.78, 5) is 20.5. The van der Waals surface area contributed by atoms with E-state index in [-0.39, 0.29) is 11.4 Å². The van der Waals surface area contributed by atoms with Gasteiger partial charge in [-0.2, -0.15) is 0 Å². The highest BCUT2D eigenvalue weighted by Gasteiger charge is 2.17. The number of pyridine rings is 2. The zero-order valence-electron chi connectivity index (χ0n) is 13.8. The molecule has 0 spiro atoms. The van der Waals surface area contributed by atoms with E-state index in [0.717, 1.165) is 10.9 Å². The number of rotatable bonds is 3. The predicted octanol–water partition coefficient (Wildman–Crippen LogP) is 5.25. The molecule has 1 aromatic carbocycles. The number of carbonyl (C=O) groups is 1. The van der Waals surface area contributed by atoms with E-state index in [9.17, 15) is 9.18 Å². The van der Waals surface area contributed by atoms with Crippen LogP contribution in [0.5, 0.6) is 0 Å². The third kappa shape index (κ3) is 3.15. The van der Waals surface area contributed by atoms with Gasteiger partial charge < -0.3 is 5.32 Å². The minimum absolute atomic E-state index is 0.224. The number of nitrogens with zero attached hydrogens (tertiary/aromatic N) is 3. The highest BCUT2D eigenvalue weighted by molar-refractivity contribution is 14.2. The number of aromatic nitrogens is 3. The lowest BCUT2D eigenvalue weighted by Gasteiger charge is -2.06. The normalized spacial score (nSPS) is 11.3. The average molecular weight is 513 g/mol. The van der Waals surface area contributed by atoms with Crippen molar-refractivity contribution in [3.05, 3.63) is 59.3 Å². The van der Waals surface area contributed by atoms with Crippen molar-refractivity contribution in [2.24, 2.45) is 0 Å². The van der Waals surface area contributed by atoms with Gasteiger partial charge in [-0.3, -0.25) is 13.8 Å². The standard InChI is InChI=1S/C18H11ClFIN4OS/c1-22-18(26)10-5-11-13(8-25(27-21)17(11)24-7-10)9-4-12-14(19)2-3-23-16(12)15(20)6-9/h2-8H,1H3,(H,22,26). The van der Waals surface area contributed by atoms with Crippen molar-refractivity contribution in [3.8, 4) is 11.1 Å². The Morgan fingerprint density at radius 3 is 2.85 bits per heavy atom. The monoisotopic (exact) mass is 512 g/mol. The highest BCUT2D eigenvalue weighted by atomic mass is 127. The number of benzene rings is 1. The van der Waals surface area contributed by atoms with Gasteiger partial charge in [0.2, 0.25) is 0 Å². The van der Waals surface area contributed by atoms with Crippen molar-refractivity contribution in [2.75, 3.05) is 7.05 Å². The fourth-order valence-corrected chi connectivity index (χ4v) is 4.42. The predicted molar refractivity (Wildman–Crippen MR) is 116 cm³/mol. The van der Waals surface area contributed by atoms with Gasteiger partial charge in [0, 0.05) is 72.3 Å². The maximum absolute atomic E-state index is 14.6. The Bertz CT molecular complexity index is 1210. The first-order valence-corrected chi connectivity index (χ1v) is 11.5. The molecule has 0 fully saturated rings. The number of amides is 1. The summed E-state index contributed by atoms with van der Waals surface area (Å²) in [5.74, 6) is -0.689. The molecule has 4 aromatic rings. The van der Waals surface area contributed by atoms with Gasteiger partial charge in [-0.1, -0.05) is 11.6 Å². The van der Waals surface area contributed by atoms with Crippen LogP contribution < -0.4 is 5.32 Å². The largest absolute Gasteiger partial charge is 0.355 e. The summed E-state index contributed by atoms with van der Waals surface area (Å²) in [5.41, 5.74) is 2.74. The Hall–Kier alpha value is -1.91. The van der Waals surface area contributed by atoms with Crippen LogP contribution >= 0.6 is 41.9 Å². The lowest BCUT2D eigenvalue weighted by Crippen LogP contribution is -2.17. The van der Waals surface area contributed by atoms with Gasteiger partial charge in [0.15, 0.2) is 5.65 Å². The van der Waals surface area contributed by atoms with Crippen LogP contribution in [0, 0.1) is 5.82 Å².